The molecule has 0 heterocycles. The van der Waals surface area contributed by atoms with Crippen molar-refractivity contribution < 1.29 is 4.74 Å². The van der Waals surface area contributed by atoms with Crippen LogP contribution in [0.4, 0.5) is 0 Å². The van der Waals surface area contributed by atoms with Crippen LogP contribution in [0.15, 0.2) is 18.2 Å². The van der Waals surface area contributed by atoms with Gasteiger partial charge in [-0.25, -0.2) is 0 Å². The fraction of sp³-hybridized carbons (Fsp3) is 0.667. The largest absolute Gasteiger partial charge is 0.383 e. The Balaban J connectivity index is 2.24. The van der Waals surface area contributed by atoms with Gasteiger partial charge in [-0.3, -0.25) is 0 Å². The first-order chi connectivity index (χ1) is 9.81. The Morgan fingerprint density at radius 1 is 0.950 bits per heavy atom. The molecule has 0 saturated heterocycles. The zero-order valence-electron chi connectivity index (χ0n) is 13.5. The van der Waals surface area contributed by atoms with Gasteiger partial charge in [0, 0.05) is 13.7 Å². The lowest BCUT2D eigenvalue weighted by Gasteiger charge is -2.10. The number of hydrogen-bond acceptors (Lipinski definition) is 2. The summed E-state index contributed by atoms with van der Waals surface area (Å²) in [7, 11) is 1.75. The number of unbranched alkanes of at least 4 members (excludes halogenated alkanes) is 2. The zero-order chi connectivity index (χ0) is 14.6. The fourth-order valence-electron chi connectivity index (χ4n) is 2.52. The van der Waals surface area contributed by atoms with Crippen LogP contribution in [0.1, 0.15) is 49.8 Å². The van der Waals surface area contributed by atoms with Crippen LogP contribution < -0.4 is 5.32 Å². The van der Waals surface area contributed by atoms with Crippen molar-refractivity contribution in [2.45, 2.75) is 52.4 Å². The Labute approximate surface area is 124 Å². The van der Waals surface area contributed by atoms with Gasteiger partial charge in [0.1, 0.15) is 0 Å². The number of benzene rings is 1. The molecule has 114 valence electrons. The minimum Gasteiger partial charge on any atom is -0.383 e. The Morgan fingerprint density at radius 2 is 1.80 bits per heavy atom. The average molecular weight is 277 g/mol. The van der Waals surface area contributed by atoms with Crippen molar-refractivity contribution in [2.24, 2.45) is 0 Å². The van der Waals surface area contributed by atoms with E-state index in [0.717, 1.165) is 32.5 Å². The summed E-state index contributed by atoms with van der Waals surface area (Å²) >= 11 is 0. The highest BCUT2D eigenvalue weighted by atomic mass is 16.5. The average Bonchev–Trinajstić information content (AvgIpc) is 2.49. The molecule has 0 atom stereocenters. The summed E-state index contributed by atoms with van der Waals surface area (Å²) in [6.45, 7) is 7.37. The second-order valence-corrected chi connectivity index (χ2v) is 5.36. The van der Waals surface area contributed by atoms with Crippen molar-refractivity contribution in [1.82, 2.24) is 5.32 Å². The number of ether oxygens (including phenoxy) is 1. The van der Waals surface area contributed by atoms with Gasteiger partial charge in [-0.2, -0.15) is 0 Å². The van der Waals surface area contributed by atoms with Gasteiger partial charge in [0.15, 0.2) is 0 Å². The molecule has 1 aromatic carbocycles. The number of aryl methyl sites for hydroxylation is 3. The summed E-state index contributed by atoms with van der Waals surface area (Å²) in [5.41, 5.74) is 4.57. The van der Waals surface area contributed by atoms with Gasteiger partial charge in [0.2, 0.25) is 0 Å². The minimum atomic E-state index is 0.809. The van der Waals surface area contributed by atoms with E-state index in [2.05, 4.69) is 37.4 Å². The van der Waals surface area contributed by atoms with Gasteiger partial charge in [-0.1, -0.05) is 38.5 Å². The van der Waals surface area contributed by atoms with Crippen molar-refractivity contribution in [2.75, 3.05) is 26.8 Å². The normalized spacial score (nSPS) is 10.9. The summed E-state index contributed by atoms with van der Waals surface area (Å²) in [5, 5.41) is 3.40. The van der Waals surface area contributed by atoms with E-state index in [4.69, 9.17) is 4.74 Å². The molecular weight excluding hydrogens is 246 g/mol. The molecule has 0 unspecified atom stereocenters. The molecule has 0 bridgehead atoms. The summed E-state index contributed by atoms with van der Waals surface area (Å²) in [6.07, 6.45) is 7.39. The van der Waals surface area contributed by atoms with E-state index >= 15 is 0 Å². The maximum Gasteiger partial charge on any atom is 0.0587 e. The smallest absolute Gasteiger partial charge is 0.0587 e. The van der Waals surface area contributed by atoms with E-state index in [-0.39, 0.29) is 0 Å². The molecule has 2 nitrogen and oxygen atoms in total. The zero-order valence-corrected chi connectivity index (χ0v) is 13.5. The molecule has 0 fully saturated rings. The summed E-state index contributed by atoms with van der Waals surface area (Å²) < 4.78 is 5.01. The van der Waals surface area contributed by atoms with Crippen LogP contribution in [0.2, 0.25) is 0 Å². The third-order valence-corrected chi connectivity index (χ3v) is 3.84. The van der Waals surface area contributed by atoms with Crippen LogP contribution in [0.3, 0.4) is 0 Å². The third kappa shape index (κ3) is 6.53. The van der Waals surface area contributed by atoms with Gasteiger partial charge >= 0.3 is 0 Å². The molecule has 1 rings (SSSR count). The van der Waals surface area contributed by atoms with Gasteiger partial charge in [-0.05, 0) is 55.3 Å². The third-order valence-electron chi connectivity index (χ3n) is 3.84. The summed E-state index contributed by atoms with van der Waals surface area (Å²) in [5.74, 6) is 0. The quantitative estimate of drug-likeness (QED) is 0.622. The predicted molar refractivity (Wildman–Crippen MR) is 87.5 cm³/mol. The maximum absolute atomic E-state index is 5.01. The van der Waals surface area contributed by atoms with Crippen LogP contribution >= 0.6 is 0 Å². The lowest BCUT2D eigenvalue weighted by atomic mass is 9.96. The minimum absolute atomic E-state index is 0.809. The van der Waals surface area contributed by atoms with Crippen LogP contribution in [-0.4, -0.2) is 26.8 Å². The lowest BCUT2D eigenvalue weighted by molar-refractivity contribution is 0.199. The molecular formula is C18H31NO. The first-order valence-electron chi connectivity index (χ1n) is 8.12. The van der Waals surface area contributed by atoms with Crippen molar-refractivity contribution in [3.63, 3.8) is 0 Å². The predicted octanol–water partition coefficient (Wildman–Crippen LogP) is 3.76. The SMILES string of the molecule is CCc1ccc(CC)c(CCCCCNCCOC)c1. The van der Waals surface area contributed by atoms with Crippen LogP contribution in [0.5, 0.6) is 0 Å². The molecule has 20 heavy (non-hydrogen) atoms. The second-order valence-electron chi connectivity index (χ2n) is 5.36. The van der Waals surface area contributed by atoms with Crippen LogP contribution in [-0.2, 0) is 24.0 Å². The van der Waals surface area contributed by atoms with E-state index < -0.39 is 0 Å². The molecule has 0 aliphatic carbocycles. The van der Waals surface area contributed by atoms with E-state index in [0.29, 0.717) is 0 Å². The van der Waals surface area contributed by atoms with Gasteiger partial charge in [-0.15, -0.1) is 0 Å². The van der Waals surface area contributed by atoms with Crippen molar-refractivity contribution >= 4 is 0 Å². The Kier molecular flexibility index (Phi) is 9.35. The lowest BCUT2D eigenvalue weighted by Crippen LogP contribution is -2.20. The maximum atomic E-state index is 5.01. The molecule has 0 saturated carbocycles. The number of methoxy groups -OCH3 is 1. The van der Waals surface area contributed by atoms with Crippen molar-refractivity contribution in [3.05, 3.63) is 34.9 Å². The molecule has 2 heteroatoms. The van der Waals surface area contributed by atoms with E-state index in [1.165, 1.54) is 36.8 Å². The van der Waals surface area contributed by atoms with Crippen molar-refractivity contribution in [1.29, 1.82) is 0 Å². The Bertz CT molecular complexity index is 362. The van der Waals surface area contributed by atoms with E-state index in [1.807, 2.05) is 0 Å². The van der Waals surface area contributed by atoms with Gasteiger partial charge in [0.05, 0.1) is 6.61 Å². The second kappa shape index (κ2) is 10.9. The van der Waals surface area contributed by atoms with Gasteiger partial charge < -0.3 is 10.1 Å². The van der Waals surface area contributed by atoms with E-state index in [1.54, 1.807) is 12.7 Å². The molecule has 1 aromatic rings. The van der Waals surface area contributed by atoms with Crippen molar-refractivity contribution in [3.8, 4) is 0 Å². The number of nitrogens with one attached hydrogen (secondary N) is 1. The molecule has 0 amide bonds. The molecule has 0 aromatic heterocycles. The Hall–Kier alpha value is -0.860. The van der Waals surface area contributed by atoms with Crippen LogP contribution in [0.25, 0.3) is 0 Å². The molecule has 0 aliphatic heterocycles. The first kappa shape index (κ1) is 17.2. The molecule has 0 radical (unpaired) electrons. The topological polar surface area (TPSA) is 21.3 Å². The highest BCUT2D eigenvalue weighted by Gasteiger charge is 2.02. The highest BCUT2D eigenvalue weighted by Crippen LogP contribution is 2.16. The number of rotatable bonds is 11. The van der Waals surface area contributed by atoms with Gasteiger partial charge in [0.25, 0.3) is 0 Å². The summed E-state index contributed by atoms with van der Waals surface area (Å²) in [4.78, 5) is 0. The molecule has 0 spiro atoms. The molecule has 1 N–H and O–H groups in total. The fourth-order valence-corrected chi connectivity index (χ4v) is 2.52. The highest BCUT2D eigenvalue weighted by molar-refractivity contribution is 5.32. The monoisotopic (exact) mass is 277 g/mol. The number of hydrogen-bond donors (Lipinski definition) is 1. The molecule has 0 aliphatic rings. The first-order valence-corrected chi connectivity index (χ1v) is 8.12. The standard InChI is InChI=1S/C18H31NO/c1-4-16-10-11-17(5-2)18(15-16)9-7-6-8-12-19-13-14-20-3/h10-11,15,19H,4-9,12-14H2,1-3H3. The van der Waals surface area contributed by atoms with E-state index in [9.17, 15) is 0 Å². The van der Waals surface area contributed by atoms with Crippen LogP contribution in [0, 0.1) is 0 Å². The summed E-state index contributed by atoms with van der Waals surface area (Å²) in [6, 6.07) is 7.01. The Morgan fingerprint density at radius 3 is 2.50 bits per heavy atom.